The minimum absolute atomic E-state index is 0.0280. The molecule has 0 aromatic carbocycles. The average molecular weight is 403 g/mol. The van der Waals surface area contributed by atoms with Crippen molar-refractivity contribution >= 4 is 22.8 Å². The molecule has 1 fully saturated rings. The van der Waals surface area contributed by atoms with Crippen LogP contribution in [0.4, 0.5) is 5.82 Å². The molecular weight excluding hydrogens is 382 g/mol. The fraction of sp³-hybridized carbons (Fsp3) is 0.286. The van der Waals surface area contributed by atoms with Crippen molar-refractivity contribution in [2.24, 2.45) is 0 Å². The van der Waals surface area contributed by atoms with E-state index in [1.165, 1.54) is 12.4 Å². The van der Waals surface area contributed by atoms with E-state index in [4.69, 9.17) is 10.5 Å². The molecule has 0 bridgehead atoms. The highest BCUT2D eigenvalue weighted by Crippen LogP contribution is 2.28. The summed E-state index contributed by atoms with van der Waals surface area (Å²) >= 11 is 0. The number of carbonyl (C=O) groups is 1. The predicted molar refractivity (Wildman–Crippen MR) is 111 cm³/mol. The Labute approximate surface area is 173 Å². The van der Waals surface area contributed by atoms with Crippen molar-refractivity contribution in [1.82, 2.24) is 29.6 Å². The van der Waals surface area contributed by atoms with E-state index in [9.17, 15) is 4.79 Å². The number of likely N-dealkylation sites (tertiary alicyclic amines) is 1. The number of nitrogens with two attached hydrogens (primary N) is 1. The number of nitrogens with zero attached hydrogens (tertiary/aromatic N) is 6. The Morgan fingerprint density at radius 1 is 1.37 bits per heavy atom. The van der Waals surface area contributed by atoms with Gasteiger partial charge in [0.25, 0.3) is 0 Å². The van der Waals surface area contributed by atoms with Crippen molar-refractivity contribution in [3.05, 3.63) is 49.1 Å². The van der Waals surface area contributed by atoms with Gasteiger partial charge in [-0.2, -0.15) is 5.10 Å². The van der Waals surface area contributed by atoms with Gasteiger partial charge in [0.05, 0.1) is 11.4 Å². The Kier molecular flexibility index (Phi) is 5.57. The lowest BCUT2D eigenvalue weighted by atomic mass is 10.1. The molecule has 9 nitrogen and oxygen atoms in total. The van der Waals surface area contributed by atoms with Gasteiger partial charge in [0.2, 0.25) is 11.8 Å². The van der Waals surface area contributed by atoms with E-state index >= 15 is 0 Å². The number of aromatic nitrogens is 5. The second-order valence-electron chi connectivity index (χ2n) is 6.79. The summed E-state index contributed by atoms with van der Waals surface area (Å²) < 4.78 is 7.32. The van der Waals surface area contributed by atoms with Crippen molar-refractivity contribution in [3.8, 4) is 17.7 Å². The van der Waals surface area contributed by atoms with Crippen molar-refractivity contribution in [1.29, 1.82) is 0 Å². The number of pyridine rings is 1. The lowest BCUT2D eigenvalue weighted by Crippen LogP contribution is -2.40. The van der Waals surface area contributed by atoms with Crippen LogP contribution in [0.25, 0.3) is 11.0 Å². The van der Waals surface area contributed by atoms with E-state index in [1.54, 1.807) is 21.8 Å². The van der Waals surface area contributed by atoms with Crippen LogP contribution in [-0.4, -0.2) is 55.2 Å². The minimum atomic E-state index is -0.0861. The Hall–Kier alpha value is -3.93. The van der Waals surface area contributed by atoms with Crippen LogP contribution in [0.5, 0.6) is 5.88 Å². The van der Waals surface area contributed by atoms with Crippen LogP contribution in [0.2, 0.25) is 0 Å². The first kappa shape index (κ1) is 19.4. The number of nitrogen functional groups attached to an aromatic ring is 1. The van der Waals surface area contributed by atoms with E-state index in [0.29, 0.717) is 41.5 Å². The van der Waals surface area contributed by atoms with E-state index in [-0.39, 0.29) is 18.6 Å². The van der Waals surface area contributed by atoms with Crippen molar-refractivity contribution in [3.63, 3.8) is 0 Å². The Morgan fingerprint density at radius 3 is 3.07 bits per heavy atom. The molecule has 4 heterocycles. The predicted octanol–water partition coefficient (Wildman–Crippen LogP) is 1.58. The minimum Gasteiger partial charge on any atom is -0.464 e. The summed E-state index contributed by atoms with van der Waals surface area (Å²) in [5.41, 5.74) is 7.19. The lowest BCUT2D eigenvalue weighted by Gasteiger charge is -2.32. The van der Waals surface area contributed by atoms with Crippen LogP contribution in [-0.2, 0) is 4.79 Å². The van der Waals surface area contributed by atoms with Crippen LogP contribution in [0.3, 0.4) is 0 Å². The van der Waals surface area contributed by atoms with Gasteiger partial charge in [0, 0.05) is 25.4 Å². The third-order valence-electron chi connectivity index (χ3n) is 4.88. The van der Waals surface area contributed by atoms with Crippen LogP contribution < -0.4 is 10.5 Å². The zero-order valence-electron chi connectivity index (χ0n) is 16.4. The third kappa shape index (κ3) is 3.93. The molecule has 3 aromatic rings. The Morgan fingerprint density at radius 2 is 2.27 bits per heavy atom. The fourth-order valence-electron chi connectivity index (χ4n) is 3.48. The molecule has 2 N–H and O–H groups in total. The second-order valence-corrected chi connectivity index (χ2v) is 6.79. The summed E-state index contributed by atoms with van der Waals surface area (Å²) in [5.74, 6) is 6.69. The summed E-state index contributed by atoms with van der Waals surface area (Å²) in [7, 11) is 0. The molecule has 0 saturated carbocycles. The average Bonchev–Trinajstić information content (AvgIpc) is 3.17. The summed E-state index contributed by atoms with van der Waals surface area (Å²) in [6, 6.07) is 5.39. The van der Waals surface area contributed by atoms with E-state index in [2.05, 4.69) is 38.5 Å². The highest BCUT2D eigenvalue weighted by molar-refractivity contribution is 5.90. The van der Waals surface area contributed by atoms with Crippen LogP contribution in [0.1, 0.15) is 24.6 Å². The molecule has 1 saturated heterocycles. The number of piperidine rings is 1. The number of ether oxygens (including phenoxy) is 1. The van der Waals surface area contributed by atoms with Gasteiger partial charge in [-0.3, -0.25) is 4.79 Å². The van der Waals surface area contributed by atoms with Gasteiger partial charge in [-0.25, -0.2) is 19.6 Å². The summed E-state index contributed by atoms with van der Waals surface area (Å²) in [5, 5.41) is 5.27. The van der Waals surface area contributed by atoms with E-state index < -0.39 is 0 Å². The largest absolute Gasteiger partial charge is 0.464 e. The van der Waals surface area contributed by atoms with Crippen molar-refractivity contribution in [2.75, 3.05) is 25.4 Å². The lowest BCUT2D eigenvalue weighted by molar-refractivity contribution is -0.127. The van der Waals surface area contributed by atoms with Gasteiger partial charge in [0.1, 0.15) is 17.8 Å². The summed E-state index contributed by atoms with van der Waals surface area (Å²) in [4.78, 5) is 26.4. The monoisotopic (exact) mass is 403 g/mol. The van der Waals surface area contributed by atoms with Gasteiger partial charge >= 0.3 is 0 Å². The molecule has 1 unspecified atom stereocenters. The molecule has 1 aliphatic rings. The molecule has 1 atom stereocenters. The van der Waals surface area contributed by atoms with Gasteiger partial charge in [0.15, 0.2) is 12.3 Å². The quantitative estimate of drug-likeness (QED) is 0.520. The van der Waals surface area contributed by atoms with Gasteiger partial charge in [-0.1, -0.05) is 18.6 Å². The zero-order valence-corrected chi connectivity index (χ0v) is 16.4. The molecule has 1 amide bonds. The molecule has 9 heteroatoms. The second kappa shape index (κ2) is 8.61. The van der Waals surface area contributed by atoms with Gasteiger partial charge in [-0.15, -0.1) is 0 Å². The normalized spacial score (nSPS) is 16.0. The van der Waals surface area contributed by atoms with Gasteiger partial charge in [-0.05, 0) is 30.9 Å². The Bertz CT molecular complexity index is 1130. The number of anilines is 1. The maximum Gasteiger partial charge on any atom is 0.246 e. The molecule has 4 rings (SSSR count). The number of amides is 1. The number of hydrogen-bond acceptors (Lipinski definition) is 7. The maximum atomic E-state index is 12.0. The third-order valence-corrected chi connectivity index (χ3v) is 4.88. The first-order chi connectivity index (χ1) is 14.7. The van der Waals surface area contributed by atoms with Crippen LogP contribution in [0.15, 0.2) is 43.4 Å². The summed E-state index contributed by atoms with van der Waals surface area (Å²) in [6.45, 7) is 4.97. The van der Waals surface area contributed by atoms with Crippen LogP contribution >= 0.6 is 0 Å². The molecule has 30 heavy (non-hydrogen) atoms. The number of hydrogen-bond donors (Lipinski definition) is 1. The topological polar surface area (TPSA) is 112 Å². The van der Waals surface area contributed by atoms with Gasteiger partial charge < -0.3 is 15.4 Å². The molecule has 0 aliphatic carbocycles. The molecular formula is C21H21N7O2. The number of fused-ring (bicyclic) bond motifs is 1. The van der Waals surface area contributed by atoms with Crippen molar-refractivity contribution in [2.45, 2.75) is 18.9 Å². The number of carbonyl (C=O) groups excluding carboxylic acids is 1. The maximum absolute atomic E-state index is 12.0. The highest BCUT2D eigenvalue weighted by atomic mass is 16.5. The van der Waals surface area contributed by atoms with Crippen molar-refractivity contribution < 1.29 is 9.53 Å². The standard InChI is InChI=1S/C21H21N7O2/c1-2-18(29)27-11-5-7-15(13-27)28-21-19(20(22)24-14-25-21)16(26-28)8-6-12-30-17-9-3-4-10-23-17/h2-4,9-10,14-15H,1,5,7,11-13H2,(H2,22,24,25). The molecule has 152 valence electrons. The first-order valence-corrected chi connectivity index (χ1v) is 9.60. The molecule has 0 spiro atoms. The fourth-order valence-corrected chi connectivity index (χ4v) is 3.48. The SMILES string of the molecule is C=CC(=O)N1CCCC(n2nc(C#CCOc3ccccn3)c3c(N)ncnc32)C1. The molecule has 1 aliphatic heterocycles. The van der Waals surface area contributed by atoms with E-state index in [0.717, 1.165) is 12.8 Å². The Balaban J connectivity index is 1.61. The highest BCUT2D eigenvalue weighted by Gasteiger charge is 2.27. The van der Waals surface area contributed by atoms with E-state index in [1.807, 2.05) is 12.1 Å². The molecule has 0 radical (unpaired) electrons. The summed E-state index contributed by atoms with van der Waals surface area (Å²) in [6.07, 6.45) is 6.14. The number of rotatable bonds is 4. The zero-order chi connectivity index (χ0) is 20.9. The first-order valence-electron chi connectivity index (χ1n) is 9.60. The smallest absolute Gasteiger partial charge is 0.246 e. The van der Waals surface area contributed by atoms with Crippen LogP contribution in [0, 0.1) is 11.8 Å². The molecule has 3 aromatic heterocycles.